The number of phenolic OH excluding ortho intramolecular Hbond substituents is 1. The summed E-state index contributed by atoms with van der Waals surface area (Å²) in [7, 11) is 0. The van der Waals surface area contributed by atoms with E-state index in [-0.39, 0.29) is 5.60 Å². The molecule has 3 heteroatoms. The molecule has 0 unspecified atom stereocenters. The van der Waals surface area contributed by atoms with E-state index in [1.165, 1.54) is 0 Å². The molecule has 1 aliphatic heterocycles. The van der Waals surface area contributed by atoms with Gasteiger partial charge in [-0.3, -0.25) is 0 Å². The molecule has 0 amide bonds. The van der Waals surface area contributed by atoms with Crippen molar-refractivity contribution in [2.45, 2.75) is 46.1 Å². The molecule has 16 heavy (non-hydrogen) atoms. The SMILES string of the molecule is Cc1c(C)c2c(c(Br)c1O)CCC(C)(C)O2. The van der Waals surface area contributed by atoms with Crippen LogP contribution in [0, 0.1) is 13.8 Å². The maximum Gasteiger partial charge on any atom is 0.133 e. The van der Waals surface area contributed by atoms with Crippen LogP contribution < -0.4 is 4.74 Å². The number of ether oxygens (including phenoxy) is 1. The Hall–Kier alpha value is -0.700. The van der Waals surface area contributed by atoms with Gasteiger partial charge >= 0.3 is 0 Å². The highest BCUT2D eigenvalue weighted by Crippen LogP contribution is 2.45. The van der Waals surface area contributed by atoms with Crippen LogP contribution in [0.1, 0.15) is 37.0 Å². The van der Waals surface area contributed by atoms with Crippen LogP contribution in [-0.2, 0) is 6.42 Å². The van der Waals surface area contributed by atoms with Crippen molar-refractivity contribution in [1.29, 1.82) is 0 Å². The second kappa shape index (κ2) is 3.66. The Kier molecular flexibility index (Phi) is 2.69. The zero-order valence-electron chi connectivity index (χ0n) is 10.1. The number of hydrogen-bond donors (Lipinski definition) is 1. The topological polar surface area (TPSA) is 29.5 Å². The molecule has 1 aliphatic rings. The lowest BCUT2D eigenvalue weighted by molar-refractivity contribution is 0.0831. The molecular formula is C13H17BrO2. The van der Waals surface area contributed by atoms with Crippen molar-refractivity contribution in [3.8, 4) is 11.5 Å². The summed E-state index contributed by atoms with van der Waals surface area (Å²) < 4.78 is 6.82. The van der Waals surface area contributed by atoms with Gasteiger partial charge in [0.25, 0.3) is 0 Å². The van der Waals surface area contributed by atoms with Crippen molar-refractivity contribution >= 4 is 15.9 Å². The van der Waals surface area contributed by atoms with Gasteiger partial charge in [-0.25, -0.2) is 0 Å². The predicted molar refractivity (Wildman–Crippen MR) is 68.3 cm³/mol. The van der Waals surface area contributed by atoms with E-state index in [1.54, 1.807) is 0 Å². The van der Waals surface area contributed by atoms with Crippen molar-refractivity contribution in [3.05, 3.63) is 21.2 Å². The second-order valence-electron chi connectivity index (χ2n) is 5.08. The van der Waals surface area contributed by atoms with Crippen LogP contribution >= 0.6 is 15.9 Å². The summed E-state index contributed by atoms with van der Waals surface area (Å²) in [6.07, 6.45) is 1.91. The lowest BCUT2D eigenvalue weighted by Gasteiger charge is -2.34. The molecule has 1 aromatic carbocycles. The third kappa shape index (κ3) is 1.71. The van der Waals surface area contributed by atoms with E-state index < -0.39 is 0 Å². The van der Waals surface area contributed by atoms with Gasteiger partial charge < -0.3 is 9.84 Å². The van der Waals surface area contributed by atoms with E-state index in [9.17, 15) is 5.11 Å². The number of hydrogen-bond acceptors (Lipinski definition) is 2. The summed E-state index contributed by atoms with van der Waals surface area (Å²) >= 11 is 3.46. The lowest BCUT2D eigenvalue weighted by atomic mass is 9.91. The van der Waals surface area contributed by atoms with Crippen molar-refractivity contribution < 1.29 is 9.84 Å². The average molecular weight is 285 g/mol. The molecule has 0 saturated heterocycles. The smallest absolute Gasteiger partial charge is 0.133 e. The first-order valence-electron chi connectivity index (χ1n) is 5.53. The standard InChI is InChI=1S/C13H17BrO2/c1-7-8(2)12-9(10(14)11(7)15)5-6-13(3,4)16-12/h15H,5-6H2,1-4H3. The van der Waals surface area contributed by atoms with Gasteiger partial charge in [0.1, 0.15) is 17.1 Å². The zero-order valence-corrected chi connectivity index (χ0v) is 11.7. The highest BCUT2D eigenvalue weighted by molar-refractivity contribution is 9.10. The highest BCUT2D eigenvalue weighted by atomic mass is 79.9. The average Bonchev–Trinajstić information content (AvgIpc) is 2.22. The van der Waals surface area contributed by atoms with Gasteiger partial charge in [0.2, 0.25) is 0 Å². The van der Waals surface area contributed by atoms with Crippen LogP contribution in [0.25, 0.3) is 0 Å². The number of aromatic hydroxyl groups is 1. The summed E-state index contributed by atoms with van der Waals surface area (Å²) in [5.74, 6) is 1.29. The molecule has 0 aliphatic carbocycles. The molecule has 0 bridgehead atoms. The van der Waals surface area contributed by atoms with Gasteiger partial charge in [-0.05, 0) is 67.6 Å². The van der Waals surface area contributed by atoms with Gasteiger partial charge in [-0.1, -0.05) is 0 Å². The van der Waals surface area contributed by atoms with Gasteiger partial charge in [-0.15, -0.1) is 0 Å². The van der Waals surface area contributed by atoms with E-state index in [1.807, 2.05) is 13.8 Å². The molecule has 88 valence electrons. The Balaban J connectivity index is 2.65. The van der Waals surface area contributed by atoms with Crippen LogP contribution in [-0.4, -0.2) is 10.7 Å². The molecule has 1 N–H and O–H groups in total. The number of phenols is 1. The Morgan fingerprint density at radius 1 is 1.25 bits per heavy atom. The lowest BCUT2D eigenvalue weighted by Crippen LogP contribution is -2.33. The first kappa shape index (κ1) is 11.8. The minimum atomic E-state index is -0.111. The normalized spacial score (nSPS) is 17.8. The van der Waals surface area contributed by atoms with Gasteiger partial charge in [-0.2, -0.15) is 0 Å². The van der Waals surface area contributed by atoms with Crippen LogP contribution in [0.3, 0.4) is 0 Å². The van der Waals surface area contributed by atoms with E-state index in [0.717, 1.165) is 39.8 Å². The Labute approximate surface area is 105 Å². The van der Waals surface area contributed by atoms with Crippen LogP contribution in [0.5, 0.6) is 11.5 Å². The van der Waals surface area contributed by atoms with E-state index in [0.29, 0.717) is 5.75 Å². The maximum atomic E-state index is 9.97. The minimum absolute atomic E-state index is 0.111. The number of benzene rings is 1. The number of rotatable bonds is 0. The maximum absolute atomic E-state index is 9.97. The molecule has 1 heterocycles. The van der Waals surface area contributed by atoms with E-state index in [4.69, 9.17) is 4.74 Å². The molecule has 2 rings (SSSR count). The van der Waals surface area contributed by atoms with Crippen molar-refractivity contribution in [3.63, 3.8) is 0 Å². The Morgan fingerprint density at radius 2 is 1.88 bits per heavy atom. The van der Waals surface area contributed by atoms with Crippen LogP contribution in [0.4, 0.5) is 0 Å². The molecule has 0 spiro atoms. The highest BCUT2D eigenvalue weighted by Gasteiger charge is 2.31. The first-order chi connectivity index (χ1) is 7.33. The van der Waals surface area contributed by atoms with Gasteiger partial charge in [0, 0.05) is 5.56 Å². The van der Waals surface area contributed by atoms with E-state index >= 15 is 0 Å². The van der Waals surface area contributed by atoms with Gasteiger partial charge in [0.15, 0.2) is 0 Å². The third-order valence-corrected chi connectivity index (χ3v) is 4.21. The van der Waals surface area contributed by atoms with Crippen LogP contribution in [0.2, 0.25) is 0 Å². The third-order valence-electron chi connectivity index (χ3n) is 3.36. The largest absolute Gasteiger partial charge is 0.506 e. The predicted octanol–water partition coefficient (Wildman–Crippen LogP) is 3.88. The summed E-state index contributed by atoms with van der Waals surface area (Å²) in [5.41, 5.74) is 2.92. The molecule has 0 fully saturated rings. The van der Waals surface area contributed by atoms with Crippen molar-refractivity contribution in [1.82, 2.24) is 0 Å². The molecule has 0 radical (unpaired) electrons. The molecular weight excluding hydrogens is 268 g/mol. The fourth-order valence-electron chi connectivity index (χ4n) is 2.10. The first-order valence-corrected chi connectivity index (χ1v) is 6.32. The van der Waals surface area contributed by atoms with E-state index in [2.05, 4.69) is 29.8 Å². The Morgan fingerprint density at radius 3 is 2.50 bits per heavy atom. The molecule has 0 atom stereocenters. The molecule has 0 saturated carbocycles. The Bertz CT molecular complexity index is 450. The van der Waals surface area contributed by atoms with Crippen molar-refractivity contribution in [2.75, 3.05) is 0 Å². The van der Waals surface area contributed by atoms with Crippen molar-refractivity contribution in [2.24, 2.45) is 0 Å². The summed E-state index contributed by atoms with van der Waals surface area (Å²) in [4.78, 5) is 0. The van der Waals surface area contributed by atoms with Gasteiger partial charge in [0.05, 0.1) is 4.47 Å². The quantitative estimate of drug-likeness (QED) is 0.784. The minimum Gasteiger partial charge on any atom is -0.506 e. The molecule has 1 aromatic rings. The zero-order chi connectivity index (χ0) is 12.1. The molecule has 2 nitrogen and oxygen atoms in total. The molecule has 0 aromatic heterocycles. The second-order valence-corrected chi connectivity index (χ2v) is 5.88. The summed E-state index contributed by atoms with van der Waals surface area (Å²) in [6.45, 7) is 8.12. The fraction of sp³-hybridized carbons (Fsp3) is 0.538. The summed E-state index contributed by atoms with van der Waals surface area (Å²) in [6, 6.07) is 0. The summed E-state index contributed by atoms with van der Waals surface area (Å²) in [5, 5.41) is 9.97. The van der Waals surface area contributed by atoms with Crippen LogP contribution in [0.15, 0.2) is 4.47 Å². The number of halogens is 1. The monoisotopic (exact) mass is 284 g/mol. The number of fused-ring (bicyclic) bond motifs is 1. The fourth-order valence-corrected chi connectivity index (χ4v) is 2.77.